The maximum Gasteiger partial charge on any atom is 0.0641 e. The van der Waals surface area contributed by atoms with Crippen molar-refractivity contribution in [1.29, 1.82) is 0 Å². The molecular formula is C15H15Cl2N. The standard InChI is InChI=1S/C15H15Cl2N/c1-10-3-5-12(6-4-10)9-18-15-8-13(16)11(2)7-14(15)17/h3-8,18H,9H2,1-2H3. The highest BCUT2D eigenvalue weighted by Crippen LogP contribution is 2.29. The molecule has 1 N–H and O–H groups in total. The zero-order chi connectivity index (χ0) is 13.1. The summed E-state index contributed by atoms with van der Waals surface area (Å²) in [6, 6.07) is 12.1. The van der Waals surface area contributed by atoms with Crippen LogP contribution in [0.2, 0.25) is 10.0 Å². The van der Waals surface area contributed by atoms with Crippen molar-refractivity contribution in [2.45, 2.75) is 20.4 Å². The molecule has 0 bridgehead atoms. The van der Waals surface area contributed by atoms with E-state index >= 15 is 0 Å². The summed E-state index contributed by atoms with van der Waals surface area (Å²) in [7, 11) is 0. The second-order valence-electron chi connectivity index (χ2n) is 4.42. The van der Waals surface area contributed by atoms with Gasteiger partial charge in [-0.15, -0.1) is 0 Å². The van der Waals surface area contributed by atoms with Crippen LogP contribution in [-0.2, 0) is 6.54 Å². The van der Waals surface area contributed by atoms with Gasteiger partial charge in [-0.05, 0) is 37.1 Å². The topological polar surface area (TPSA) is 12.0 Å². The van der Waals surface area contributed by atoms with E-state index < -0.39 is 0 Å². The Morgan fingerprint density at radius 2 is 1.61 bits per heavy atom. The molecule has 1 nitrogen and oxygen atoms in total. The molecule has 0 saturated heterocycles. The Kier molecular flexibility index (Phi) is 4.15. The average Bonchev–Trinajstić information content (AvgIpc) is 2.34. The number of halogens is 2. The minimum absolute atomic E-state index is 0.698. The Labute approximate surface area is 118 Å². The first kappa shape index (κ1) is 13.3. The largest absolute Gasteiger partial charge is 0.380 e. The maximum atomic E-state index is 6.17. The molecule has 0 aliphatic heterocycles. The van der Waals surface area contributed by atoms with Crippen LogP contribution < -0.4 is 5.32 Å². The van der Waals surface area contributed by atoms with Crippen molar-refractivity contribution in [3.63, 3.8) is 0 Å². The summed E-state index contributed by atoms with van der Waals surface area (Å²) < 4.78 is 0. The maximum absolute atomic E-state index is 6.17. The van der Waals surface area contributed by atoms with Crippen LogP contribution in [0.15, 0.2) is 36.4 Å². The lowest BCUT2D eigenvalue weighted by Gasteiger charge is -2.10. The number of hydrogen-bond donors (Lipinski definition) is 1. The van der Waals surface area contributed by atoms with Gasteiger partial charge in [0.1, 0.15) is 0 Å². The number of rotatable bonds is 3. The van der Waals surface area contributed by atoms with E-state index in [1.54, 1.807) is 0 Å². The molecule has 0 spiro atoms. The normalized spacial score (nSPS) is 10.4. The molecule has 0 atom stereocenters. The van der Waals surface area contributed by atoms with Gasteiger partial charge in [0, 0.05) is 11.6 Å². The van der Waals surface area contributed by atoms with Crippen LogP contribution in [-0.4, -0.2) is 0 Å². The molecule has 0 saturated carbocycles. The van der Waals surface area contributed by atoms with Gasteiger partial charge < -0.3 is 5.32 Å². The molecule has 18 heavy (non-hydrogen) atoms. The molecule has 2 rings (SSSR count). The minimum Gasteiger partial charge on any atom is -0.380 e. The lowest BCUT2D eigenvalue weighted by molar-refractivity contribution is 1.14. The minimum atomic E-state index is 0.698. The molecule has 0 aliphatic rings. The Hall–Kier alpha value is -1.18. The van der Waals surface area contributed by atoms with Gasteiger partial charge in [-0.1, -0.05) is 53.0 Å². The van der Waals surface area contributed by atoms with E-state index in [2.05, 4.69) is 36.5 Å². The van der Waals surface area contributed by atoms with Crippen LogP contribution in [0.5, 0.6) is 0 Å². The van der Waals surface area contributed by atoms with Crippen molar-refractivity contribution in [3.05, 3.63) is 63.1 Å². The molecule has 2 aromatic carbocycles. The quantitative estimate of drug-likeness (QED) is 0.812. The number of hydrogen-bond acceptors (Lipinski definition) is 1. The molecule has 0 aromatic heterocycles. The number of aryl methyl sites for hydroxylation is 2. The zero-order valence-electron chi connectivity index (χ0n) is 10.4. The van der Waals surface area contributed by atoms with Gasteiger partial charge >= 0.3 is 0 Å². The summed E-state index contributed by atoms with van der Waals surface area (Å²) in [4.78, 5) is 0. The van der Waals surface area contributed by atoms with Crippen molar-refractivity contribution in [2.75, 3.05) is 5.32 Å². The zero-order valence-corrected chi connectivity index (χ0v) is 11.9. The summed E-state index contributed by atoms with van der Waals surface area (Å²) in [6.45, 7) is 4.76. The van der Waals surface area contributed by atoms with Crippen LogP contribution >= 0.6 is 23.2 Å². The molecule has 0 fully saturated rings. The lowest BCUT2D eigenvalue weighted by atomic mass is 10.1. The highest BCUT2D eigenvalue weighted by Gasteiger charge is 2.04. The molecule has 94 valence electrons. The monoisotopic (exact) mass is 279 g/mol. The van der Waals surface area contributed by atoms with E-state index in [9.17, 15) is 0 Å². The van der Waals surface area contributed by atoms with E-state index in [4.69, 9.17) is 23.2 Å². The van der Waals surface area contributed by atoms with E-state index in [0.29, 0.717) is 5.02 Å². The Morgan fingerprint density at radius 3 is 2.28 bits per heavy atom. The first-order chi connectivity index (χ1) is 8.56. The van der Waals surface area contributed by atoms with E-state index in [-0.39, 0.29) is 0 Å². The van der Waals surface area contributed by atoms with Gasteiger partial charge in [-0.2, -0.15) is 0 Å². The third kappa shape index (κ3) is 3.18. The number of anilines is 1. The SMILES string of the molecule is Cc1ccc(CNc2cc(Cl)c(C)cc2Cl)cc1. The first-order valence-corrected chi connectivity index (χ1v) is 6.57. The van der Waals surface area contributed by atoms with Crippen molar-refractivity contribution >= 4 is 28.9 Å². The van der Waals surface area contributed by atoms with Crippen LogP contribution in [0.4, 0.5) is 5.69 Å². The fourth-order valence-corrected chi connectivity index (χ4v) is 2.13. The van der Waals surface area contributed by atoms with Crippen LogP contribution in [0.1, 0.15) is 16.7 Å². The molecule has 0 heterocycles. The van der Waals surface area contributed by atoms with E-state index in [1.807, 2.05) is 19.1 Å². The first-order valence-electron chi connectivity index (χ1n) is 5.81. The molecule has 0 unspecified atom stereocenters. The Morgan fingerprint density at radius 1 is 0.944 bits per heavy atom. The van der Waals surface area contributed by atoms with Gasteiger partial charge in [-0.3, -0.25) is 0 Å². The van der Waals surface area contributed by atoms with Crippen LogP contribution in [0.25, 0.3) is 0 Å². The summed E-state index contributed by atoms with van der Waals surface area (Å²) in [6.07, 6.45) is 0. The van der Waals surface area contributed by atoms with Crippen LogP contribution in [0.3, 0.4) is 0 Å². The molecular weight excluding hydrogens is 265 g/mol. The molecule has 3 heteroatoms. The smallest absolute Gasteiger partial charge is 0.0641 e. The highest BCUT2D eigenvalue weighted by atomic mass is 35.5. The molecule has 0 aliphatic carbocycles. The van der Waals surface area contributed by atoms with E-state index in [0.717, 1.165) is 22.8 Å². The predicted molar refractivity (Wildman–Crippen MR) is 79.7 cm³/mol. The highest BCUT2D eigenvalue weighted by molar-refractivity contribution is 6.35. The van der Waals surface area contributed by atoms with E-state index in [1.165, 1.54) is 11.1 Å². The number of nitrogens with one attached hydrogen (secondary N) is 1. The summed E-state index contributed by atoms with van der Waals surface area (Å²) in [5.41, 5.74) is 4.33. The molecule has 2 aromatic rings. The van der Waals surface area contributed by atoms with Crippen molar-refractivity contribution in [3.8, 4) is 0 Å². The van der Waals surface area contributed by atoms with Gasteiger partial charge in [0.2, 0.25) is 0 Å². The molecule has 0 amide bonds. The van der Waals surface area contributed by atoms with Gasteiger partial charge in [0.25, 0.3) is 0 Å². The third-order valence-corrected chi connectivity index (χ3v) is 3.57. The second kappa shape index (κ2) is 5.64. The van der Waals surface area contributed by atoms with Crippen molar-refractivity contribution in [1.82, 2.24) is 0 Å². The van der Waals surface area contributed by atoms with Crippen molar-refractivity contribution in [2.24, 2.45) is 0 Å². The Bertz CT molecular complexity index is 547. The van der Waals surface area contributed by atoms with Gasteiger partial charge in [-0.25, -0.2) is 0 Å². The van der Waals surface area contributed by atoms with Crippen molar-refractivity contribution < 1.29 is 0 Å². The number of benzene rings is 2. The lowest BCUT2D eigenvalue weighted by Crippen LogP contribution is -2.00. The van der Waals surface area contributed by atoms with Gasteiger partial charge in [0.15, 0.2) is 0 Å². The van der Waals surface area contributed by atoms with Crippen LogP contribution in [0, 0.1) is 13.8 Å². The summed E-state index contributed by atoms with van der Waals surface area (Å²) >= 11 is 12.3. The van der Waals surface area contributed by atoms with Gasteiger partial charge in [0.05, 0.1) is 10.7 Å². The average molecular weight is 280 g/mol. The molecule has 0 radical (unpaired) electrons. The fourth-order valence-electron chi connectivity index (χ4n) is 1.68. The Balaban J connectivity index is 2.10. The second-order valence-corrected chi connectivity index (χ2v) is 5.23. The third-order valence-electron chi connectivity index (χ3n) is 2.85. The fraction of sp³-hybridized carbons (Fsp3) is 0.200. The predicted octanol–water partition coefficient (Wildman–Crippen LogP) is 5.22. The summed E-state index contributed by atoms with van der Waals surface area (Å²) in [5.74, 6) is 0. The summed E-state index contributed by atoms with van der Waals surface area (Å²) in [5, 5.41) is 4.73.